The Hall–Kier alpha value is -3.81. The molecule has 2 aromatic carbocycles. The van der Waals surface area contributed by atoms with E-state index < -0.39 is 0 Å². The summed E-state index contributed by atoms with van der Waals surface area (Å²) in [6, 6.07) is 13.1. The maximum absolute atomic E-state index is 12.3. The number of amides is 1. The molecular weight excluding hydrogens is 398 g/mol. The standard InChI is InChI=1S/C23H23N3O5/c1-2-29-23(28)15-26-14-17(18-5-3-4-6-19(18)26)13-24-25-22(27)12-16-7-8-20-21(11-16)31-10-9-30-20/h3-8,11,13-14H,2,9-10,12,15H2,1H3,(H,25,27)/b24-13-. The quantitative estimate of drug-likeness (QED) is 0.360. The molecule has 160 valence electrons. The summed E-state index contributed by atoms with van der Waals surface area (Å²) in [4.78, 5) is 24.2. The maximum Gasteiger partial charge on any atom is 0.325 e. The lowest BCUT2D eigenvalue weighted by molar-refractivity contribution is -0.143. The lowest BCUT2D eigenvalue weighted by Gasteiger charge is -2.18. The Labute approximate surface area is 179 Å². The molecule has 0 aliphatic carbocycles. The van der Waals surface area contributed by atoms with Crippen LogP contribution in [0, 0.1) is 0 Å². The second-order valence-corrected chi connectivity index (χ2v) is 6.98. The van der Waals surface area contributed by atoms with Crippen molar-refractivity contribution >= 4 is 29.0 Å². The Bertz CT molecular complexity index is 1140. The first-order valence-electron chi connectivity index (χ1n) is 10.1. The minimum Gasteiger partial charge on any atom is -0.486 e. The highest BCUT2D eigenvalue weighted by atomic mass is 16.6. The fraction of sp³-hybridized carbons (Fsp3) is 0.261. The van der Waals surface area contributed by atoms with Crippen molar-refractivity contribution < 1.29 is 23.8 Å². The monoisotopic (exact) mass is 421 g/mol. The topological polar surface area (TPSA) is 91.2 Å². The van der Waals surface area contributed by atoms with Gasteiger partial charge in [0, 0.05) is 22.7 Å². The predicted octanol–water partition coefficient (Wildman–Crippen LogP) is 2.67. The molecule has 0 unspecified atom stereocenters. The molecule has 31 heavy (non-hydrogen) atoms. The van der Waals surface area contributed by atoms with Crippen molar-refractivity contribution in [3.63, 3.8) is 0 Å². The van der Waals surface area contributed by atoms with E-state index in [4.69, 9.17) is 14.2 Å². The van der Waals surface area contributed by atoms with Crippen LogP contribution in [0.1, 0.15) is 18.1 Å². The fourth-order valence-electron chi connectivity index (χ4n) is 3.45. The van der Waals surface area contributed by atoms with Gasteiger partial charge in [0.05, 0.1) is 19.2 Å². The Kier molecular flexibility index (Phi) is 6.16. The van der Waals surface area contributed by atoms with Crippen LogP contribution in [-0.4, -0.2) is 42.5 Å². The molecule has 0 radical (unpaired) electrons. The number of ether oxygens (including phenoxy) is 3. The first-order valence-corrected chi connectivity index (χ1v) is 10.1. The van der Waals surface area contributed by atoms with E-state index in [0.29, 0.717) is 31.3 Å². The number of para-hydroxylation sites is 1. The van der Waals surface area contributed by atoms with Crippen LogP contribution in [-0.2, 0) is 27.3 Å². The van der Waals surface area contributed by atoms with Gasteiger partial charge in [0.25, 0.3) is 0 Å². The molecule has 0 saturated heterocycles. The third-order valence-corrected chi connectivity index (χ3v) is 4.79. The number of nitrogens with one attached hydrogen (secondary N) is 1. The zero-order valence-corrected chi connectivity index (χ0v) is 17.2. The van der Waals surface area contributed by atoms with Gasteiger partial charge in [-0.05, 0) is 30.7 Å². The van der Waals surface area contributed by atoms with Gasteiger partial charge < -0.3 is 18.8 Å². The molecule has 8 nitrogen and oxygen atoms in total. The number of hydrogen-bond acceptors (Lipinski definition) is 6. The molecular formula is C23H23N3O5. The number of carbonyl (C=O) groups is 2. The summed E-state index contributed by atoms with van der Waals surface area (Å²) in [5.41, 5.74) is 5.04. The average molecular weight is 421 g/mol. The van der Waals surface area contributed by atoms with E-state index in [1.807, 2.05) is 41.1 Å². The number of benzene rings is 2. The maximum atomic E-state index is 12.3. The highest BCUT2D eigenvalue weighted by molar-refractivity contribution is 6.00. The van der Waals surface area contributed by atoms with Crippen LogP contribution < -0.4 is 14.9 Å². The van der Waals surface area contributed by atoms with Gasteiger partial charge in [-0.2, -0.15) is 5.10 Å². The molecule has 4 rings (SSSR count). The van der Waals surface area contributed by atoms with E-state index in [9.17, 15) is 9.59 Å². The molecule has 0 bridgehead atoms. The molecule has 1 aliphatic heterocycles. The second-order valence-electron chi connectivity index (χ2n) is 6.98. The van der Waals surface area contributed by atoms with Crippen LogP contribution in [0.25, 0.3) is 10.9 Å². The van der Waals surface area contributed by atoms with Crippen LogP contribution in [0.4, 0.5) is 0 Å². The van der Waals surface area contributed by atoms with Crippen molar-refractivity contribution in [1.82, 2.24) is 9.99 Å². The molecule has 1 aliphatic rings. The van der Waals surface area contributed by atoms with Gasteiger partial charge in [0.15, 0.2) is 11.5 Å². The van der Waals surface area contributed by atoms with Gasteiger partial charge in [-0.25, -0.2) is 5.43 Å². The number of esters is 1. The van der Waals surface area contributed by atoms with Crippen molar-refractivity contribution in [2.24, 2.45) is 5.10 Å². The summed E-state index contributed by atoms with van der Waals surface area (Å²) >= 11 is 0. The Morgan fingerprint density at radius 3 is 2.81 bits per heavy atom. The Morgan fingerprint density at radius 2 is 1.97 bits per heavy atom. The summed E-state index contributed by atoms with van der Waals surface area (Å²) < 4.78 is 17.9. The Balaban J connectivity index is 1.42. The van der Waals surface area contributed by atoms with Crippen LogP contribution >= 0.6 is 0 Å². The van der Waals surface area contributed by atoms with Crippen LogP contribution in [0.3, 0.4) is 0 Å². The lowest BCUT2D eigenvalue weighted by atomic mass is 10.1. The number of nitrogens with zero attached hydrogens (tertiary/aromatic N) is 2. The lowest BCUT2D eigenvalue weighted by Crippen LogP contribution is -2.20. The van der Waals surface area contributed by atoms with E-state index in [0.717, 1.165) is 22.0 Å². The summed E-state index contributed by atoms with van der Waals surface area (Å²) in [7, 11) is 0. The molecule has 3 aromatic rings. The predicted molar refractivity (Wildman–Crippen MR) is 115 cm³/mol. The molecule has 2 heterocycles. The molecule has 0 fully saturated rings. The van der Waals surface area contributed by atoms with Gasteiger partial charge in [0.1, 0.15) is 19.8 Å². The highest BCUT2D eigenvalue weighted by Gasteiger charge is 2.13. The van der Waals surface area contributed by atoms with Crippen molar-refractivity contribution in [3.8, 4) is 11.5 Å². The van der Waals surface area contributed by atoms with Gasteiger partial charge in [-0.1, -0.05) is 24.3 Å². The number of carbonyl (C=O) groups excluding carboxylic acids is 2. The number of fused-ring (bicyclic) bond motifs is 2. The number of hydrazone groups is 1. The number of hydrogen-bond donors (Lipinski definition) is 1. The second kappa shape index (κ2) is 9.34. The van der Waals surface area contributed by atoms with Crippen molar-refractivity contribution in [3.05, 3.63) is 59.8 Å². The summed E-state index contributed by atoms with van der Waals surface area (Å²) in [6.45, 7) is 3.24. The number of rotatable bonds is 7. The van der Waals surface area contributed by atoms with Gasteiger partial charge in [-0.15, -0.1) is 0 Å². The minimum atomic E-state index is -0.306. The first kappa shape index (κ1) is 20.5. The minimum absolute atomic E-state index is 0.110. The summed E-state index contributed by atoms with van der Waals surface area (Å²) in [6.07, 6.45) is 3.56. The molecule has 8 heteroatoms. The van der Waals surface area contributed by atoms with Gasteiger partial charge in [0.2, 0.25) is 5.91 Å². The third kappa shape index (κ3) is 4.85. The normalized spacial score (nSPS) is 12.8. The van der Waals surface area contributed by atoms with Gasteiger partial charge in [-0.3, -0.25) is 9.59 Å². The van der Waals surface area contributed by atoms with E-state index in [1.165, 1.54) is 0 Å². The Morgan fingerprint density at radius 1 is 1.16 bits per heavy atom. The van der Waals surface area contributed by atoms with E-state index in [2.05, 4.69) is 10.5 Å². The van der Waals surface area contributed by atoms with Crippen molar-refractivity contribution in [1.29, 1.82) is 0 Å². The van der Waals surface area contributed by atoms with Crippen LogP contribution in [0.5, 0.6) is 11.5 Å². The highest BCUT2D eigenvalue weighted by Crippen LogP contribution is 2.30. The van der Waals surface area contributed by atoms with Crippen molar-refractivity contribution in [2.75, 3.05) is 19.8 Å². The zero-order valence-electron chi connectivity index (χ0n) is 17.2. The summed E-state index contributed by atoms with van der Waals surface area (Å²) in [5, 5.41) is 5.02. The van der Waals surface area contributed by atoms with E-state index in [1.54, 1.807) is 25.3 Å². The van der Waals surface area contributed by atoms with E-state index in [-0.39, 0.29) is 24.8 Å². The third-order valence-electron chi connectivity index (χ3n) is 4.79. The van der Waals surface area contributed by atoms with Crippen LogP contribution in [0.2, 0.25) is 0 Å². The van der Waals surface area contributed by atoms with E-state index >= 15 is 0 Å². The largest absolute Gasteiger partial charge is 0.486 e. The van der Waals surface area contributed by atoms with Crippen LogP contribution in [0.15, 0.2) is 53.8 Å². The molecule has 1 N–H and O–H groups in total. The smallest absolute Gasteiger partial charge is 0.325 e. The number of aromatic nitrogens is 1. The average Bonchev–Trinajstić information content (AvgIpc) is 3.11. The molecule has 0 saturated carbocycles. The fourth-order valence-corrected chi connectivity index (χ4v) is 3.45. The van der Waals surface area contributed by atoms with Gasteiger partial charge >= 0.3 is 5.97 Å². The first-order chi connectivity index (χ1) is 15.1. The van der Waals surface area contributed by atoms with Crippen molar-refractivity contribution in [2.45, 2.75) is 19.9 Å². The molecule has 0 spiro atoms. The summed E-state index contributed by atoms with van der Waals surface area (Å²) in [5.74, 6) is 0.782. The molecule has 1 amide bonds. The zero-order chi connectivity index (χ0) is 21.6. The molecule has 0 atom stereocenters. The SMILES string of the molecule is CCOC(=O)Cn1cc(/C=N\NC(=O)Cc2ccc3c(c2)OCCO3)c2ccccc21. The molecule has 1 aromatic heterocycles.